The summed E-state index contributed by atoms with van der Waals surface area (Å²) in [6.07, 6.45) is 2.20. The van der Waals surface area contributed by atoms with Crippen LogP contribution in [-0.2, 0) is 14.3 Å². The maximum Gasteiger partial charge on any atom is 0.317 e. The largest absolute Gasteiger partial charge is 0.497 e. The minimum Gasteiger partial charge on any atom is -0.497 e. The number of allylic oxidation sites excluding steroid dienone is 2. The number of carbonyl (C=O) groups is 2. The van der Waals surface area contributed by atoms with Gasteiger partial charge in [0.05, 0.1) is 13.7 Å². The molecule has 5 heteroatoms. The van der Waals surface area contributed by atoms with Crippen molar-refractivity contribution in [2.75, 3.05) is 13.7 Å². The fourth-order valence-corrected chi connectivity index (χ4v) is 4.04. The molecular formula is C20H20O4S. The lowest BCUT2D eigenvalue weighted by atomic mass is 9.76. The Balaban J connectivity index is 1.99. The highest BCUT2D eigenvalue weighted by Gasteiger charge is 2.40. The van der Waals surface area contributed by atoms with Gasteiger partial charge in [0.1, 0.15) is 11.7 Å². The third kappa shape index (κ3) is 3.66. The van der Waals surface area contributed by atoms with Crippen molar-refractivity contribution in [1.29, 1.82) is 0 Å². The van der Waals surface area contributed by atoms with Crippen LogP contribution in [-0.4, -0.2) is 25.5 Å². The van der Waals surface area contributed by atoms with Gasteiger partial charge in [-0.25, -0.2) is 0 Å². The van der Waals surface area contributed by atoms with Crippen molar-refractivity contribution in [3.05, 3.63) is 58.3 Å². The second-order valence-corrected chi connectivity index (χ2v) is 6.84. The van der Waals surface area contributed by atoms with Crippen LogP contribution in [0.5, 0.6) is 5.75 Å². The van der Waals surface area contributed by atoms with Crippen LogP contribution in [0.15, 0.2) is 47.9 Å². The Labute approximate surface area is 151 Å². The quantitative estimate of drug-likeness (QED) is 0.598. The minimum atomic E-state index is -0.770. The predicted octanol–water partition coefficient (Wildman–Crippen LogP) is 4.08. The third-order valence-electron chi connectivity index (χ3n) is 4.35. The monoisotopic (exact) mass is 356 g/mol. The number of ether oxygens (including phenoxy) is 2. The van der Waals surface area contributed by atoms with Crippen LogP contribution in [0.2, 0.25) is 0 Å². The molecule has 0 spiro atoms. The molecule has 0 saturated heterocycles. The van der Waals surface area contributed by atoms with E-state index >= 15 is 0 Å². The molecule has 1 aromatic carbocycles. The molecule has 0 radical (unpaired) electrons. The average molecular weight is 356 g/mol. The molecule has 0 amide bonds. The zero-order chi connectivity index (χ0) is 17.8. The SMILES string of the molecule is CCOC(=O)[C@H]1C(=O)C=C(c2cccc(OC)c2)C[C@@H]1c1cccs1. The Bertz CT molecular complexity index is 792. The zero-order valence-corrected chi connectivity index (χ0v) is 15.0. The standard InChI is InChI=1S/C20H20O4S/c1-3-24-20(22)19-16(18-8-5-9-25-18)11-14(12-17(19)21)13-6-4-7-15(10-13)23-2/h4-10,12,16,19H,3,11H2,1-2H3/t16-,19-/m1/s1. The molecule has 2 atom stereocenters. The highest BCUT2D eigenvalue weighted by Crippen LogP contribution is 2.42. The molecule has 2 aromatic rings. The van der Waals surface area contributed by atoms with Gasteiger partial charge in [0, 0.05) is 10.8 Å². The van der Waals surface area contributed by atoms with Crippen LogP contribution < -0.4 is 4.74 Å². The molecule has 25 heavy (non-hydrogen) atoms. The summed E-state index contributed by atoms with van der Waals surface area (Å²) in [4.78, 5) is 26.1. The van der Waals surface area contributed by atoms with Gasteiger partial charge in [0.2, 0.25) is 0 Å². The lowest BCUT2D eigenvalue weighted by Crippen LogP contribution is -2.33. The number of rotatable bonds is 5. The van der Waals surface area contributed by atoms with Gasteiger partial charge >= 0.3 is 5.97 Å². The Morgan fingerprint density at radius 2 is 2.12 bits per heavy atom. The Hall–Kier alpha value is -2.40. The van der Waals surface area contributed by atoms with Crippen LogP contribution in [0.3, 0.4) is 0 Å². The molecule has 1 heterocycles. The first-order valence-corrected chi connectivity index (χ1v) is 9.11. The molecule has 0 bridgehead atoms. The van der Waals surface area contributed by atoms with Gasteiger partial charge in [-0.15, -0.1) is 11.3 Å². The molecule has 0 N–H and O–H groups in total. The van der Waals surface area contributed by atoms with E-state index in [1.54, 1.807) is 31.4 Å². The summed E-state index contributed by atoms with van der Waals surface area (Å²) in [7, 11) is 1.62. The summed E-state index contributed by atoms with van der Waals surface area (Å²) in [5.74, 6) is -0.857. The first-order chi connectivity index (χ1) is 12.1. The number of hydrogen-bond donors (Lipinski definition) is 0. The molecule has 130 valence electrons. The van der Waals surface area contributed by atoms with Crippen LogP contribution in [0.4, 0.5) is 0 Å². The molecular weight excluding hydrogens is 336 g/mol. The number of ketones is 1. The number of benzene rings is 1. The van der Waals surface area contributed by atoms with E-state index in [1.807, 2.05) is 41.8 Å². The van der Waals surface area contributed by atoms with Gasteiger partial charge in [0.15, 0.2) is 5.78 Å². The highest BCUT2D eigenvalue weighted by atomic mass is 32.1. The lowest BCUT2D eigenvalue weighted by Gasteiger charge is -2.28. The summed E-state index contributed by atoms with van der Waals surface area (Å²) in [6.45, 7) is 2.02. The summed E-state index contributed by atoms with van der Waals surface area (Å²) in [6, 6.07) is 11.6. The number of esters is 1. The normalized spacial score (nSPS) is 20.1. The summed E-state index contributed by atoms with van der Waals surface area (Å²) in [5, 5.41) is 1.96. The molecule has 4 nitrogen and oxygen atoms in total. The van der Waals surface area contributed by atoms with Gasteiger partial charge in [-0.2, -0.15) is 0 Å². The van der Waals surface area contributed by atoms with E-state index < -0.39 is 11.9 Å². The van der Waals surface area contributed by atoms with Crippen molar-refractivity contribution in [1.82, 2.24) is 0 Å². The number of methoxy groups -OCH3 is 1. The van der Waals surface area contributed by atoms with E-state index in [9.17, 15) is 9.59 Å². The fraction of sp³-hybridized carbons (Fsp3) is 0.300. The van der Waals surface area contributed by atoms with Gasteiger partial charge in [-0.3, -0.25) is 9.59 Å². The molecule has 1 aliphatic carbocycles. The lowest BCUT2D eigenvalue weighted by molar-refractivity contribution is -0.151. The first-order valence-electron chi connectivity index (χ1n) is 8.23. The van der Waals surface area contributed by atoms with Crippen molar-refractivity contribution in [3.63, 3.8) is 0 Å². The fourth-order valence-electron chi connectivity index (χ4n) is 3.18. The van der Waals surface area contributed by atoms with E-state index in [0.29, 0.717) is 6.42 Å². The van der Waals surface area contributed by atoms with E-state index in [0.717, 1.165) is 21.8 Å². The van der Waals surface area contributed by atoms with Crippen molar-refractivity contribution in [2.45, 2.75) is 19.3 Å². The number of hydrogen-bond acceptors (Lipinski definition) is 5. The summed E-state index contributed by atoms with van der Waals surface area (Å²) in [5.41, 5.74) is 1.86. The molecule has 0 aliphatic heterocycles. The highest BCUT2D eigenvalue weighted by molar-refractivity contribution is 7.10. The van der Waals surface area contributed by atoms with E-state index in [-0.39, 0.29) is 18.3 Å². The van der Waals surface area contributed by atoms with Crippen molar-refractivity contribution < 1.29 is 19.1 Å². The molecule has 0 saturated carbocycles. The van der Waals surface area contributed by atoms with Gasteiger partial charge < -0.3 is 9.47 Å². The topological polar surface area (TPSA) is 52.6 Å². The molecule has 1 aliphatic rings. The maximum absolute atomic E-state index is 12.8. The molecule has 0 unspecified atom stereocenters. The van der Waals surface area contributed by atoms with Crippen LogP contribution >= 0.6 is 11.3 Å². The summed E-state index contributed by atoms with van der Waals surface area (Å²) < 4.78 is 10.4. The van der Waals surface area contributed by atoms with Gasteiger partial charge in [0.25, 0.3) is 0 Å². The van der Waals surface area contributed by atoms with Crippen molar-refractivity contribution in [3.8, 4) is 5.75 Å². The minimum absolute atomic E-state index is 0.194. The first kappa shape index (κ1) is 17.4. The second kappa shape index (κ2) is 7.66. The smallest absolute Gasteiger partial charge is 0.317 e. The summed E-state index contributed by atoms with van der Waals surface area (Å²) >= 11 is 1.56. The number of carbonyl (C=O) groups excluding carboxylic acids is 2. The molecule has 1 aromatic heterocycles. The predicted molar refractivity (Wildman–Crippen MR) is 97.8 cm³/mol. The Morgan fingerprint density at radius 1 is 1.28 bits per heavy atom. The van der Waals surface area contributed by atoms with Crippen LogP contribution in [0.1, 0.15) is 29.7 Å². The third-order valence-corrected chi connectivity index (χ3v) is 5.36. The van der Waals surface area contributed by atoms with E-state index in [2.05, 4.69) is 0 Å². The number of thiophene rings is 1. The second-order valence-electron chi connectivity index (χ2n) is 5.86. The molecule has 3 rings (SSSR count). The van der Waals surface area contributed by atoms with Crippen molar-refractivity contribution >= 4 is 28.7 Å². The van der Waals surface area contributed by atoms with Gasteiger partial charge in [-0.05, 0) is 54.1 Å². The maximum atomic E-state index is 12.8. The van der Waals surface area contributed by atoms with E-state index in [4.69, 9.17) is 9.47 Å². The Morgan fingerprint density at radius 3 is 2.80 bits per heavy atom. The van der Waals surface area contributed by atoms with Gasteiger partial charge in [-0.1, -0.05) is 18.2 Å². The van der Waals surface area contributed by atoms with Crippen LogP contribution in [0.25, 0.3) is 5.57 Å². The van der Waals surface area contributed by atoms with Crippen LogP contribution in [0, 0.1) is 5.92 Å². The molecule has 0 fully saturated rings. The van der Waals surface area contributed by atoms with E-state index in [1.165, 1.54) is 0 Å². The average Bonchev–Trinajstić information content (AvgIpc) is 3.15. The Kier molecular flexibility index (Phi) is 5.34. The van der Waals surface area contributed by atoms with Crippen molar-refractivity contribution in [2.24, 2.45) is 5.92 Å². The zero-order valence-electron chi connectivity index (χ0n) is 14.2.